The zero-order valence-corrected chi connectivity index (χ0v) is 17.5. The fourth-order valence-electron chi connectivity index (χ4n) is 4.32. The van der Waals surface area contributed by atoms with Crippen LogP contribution in [-0.4, -0.2) is 58.8 Å². The molecule has 158 valence electrons. The van der Waals surface area contributed by atoms with Crippen LogP contribution in [0.5, 0.6) is 0 Å². The Morgan fingerprint density at radius 2 is 2.13 bits per heavy atom. The van der Waals surface area contributed by atoms with Crippen LogP contribution in [0.1, 0.15) is 21.7 Å². The Balaban J connectivity index is 1.40. The van der Waals surface area contributed by atoms with Gasteiger partial charge in [0, 0.05) is 30.1 Å². The second kappa shape index (κ2) is 8.20. The highest BCUT2D eigenvalue weighted by Gasteiger charge is 2.48. The molecule has 0 aliphatic carbocycles. The first-order chi connectivity index (χ1) is 15.1. The maximum absolute atomic E-state index is 13.5. The highest BCUT2D eigenvalue weighted by molar-refractivity contribution is 7.20. The number of Topliss-reactive ketones (excluding diaryl/α,β-unsaturated/α-hetero) is 1. The van der Waals surface area contributed by atoms with Crippen LogP contribution in [0.3, 0.4) is 0 Å². The highest BCUT2D eigenvalue weighted by atomic mass is 32.1. The Kier molecular flexibility index (Phi) is 5.25. The van der Waals surface area contributed by atoms with Crippen molar-refractivity contribution in [2.75, 3.05) is 13.2 Å². The molecule has 31 heavy (non-hydrogen) atoms. The zero-order chi connectivity index (χ0) is 21.4. The summed E-state index contributed by atoms with van der Waals surface area (Å²) in [6.07, 6.45) is 4.03. The number of pyridine rings is 1. The lowest BCUT2D eigenvalue weighted by Gasteiger charge is -2.27. The van der Waals surface area contributed by atoms with Crippen molar-refractivity contribution >= 4 is 39.0 Å². The lowest BCUT2D eigenvalue weighted by atomic mass is 10.0. The molecule has 5 rings (SSSR count). The molecular weight excluding hydrogens is 414 g/mol. The Labute approximate surface area is 183 Å². The van der Waals surface area contributed by atoms with Gasteiger partial charge in [0.25, 0.3) is 5.91 Å². The van der Waals surface area contributed by atoms with Crippen LogP contribution in [0.4, 0.5) is 0 Å². The van der Waals surface area contributed by atoms with Crippen LogP contribution >= 0.6 is 11.3 Å². The van der Waals surface area contributed by atoms with E-state index in [4.69, 9.17) is 4.74 Å². The van der Waals surface area contributed by atoms with E-state index in [-0.39, 0.29) is 30.3 Å². The molecule has 2 aliphatic heterocycles. The van der Waals surface area contributed by atoms with Gasteiger partial charge in [-0.15, -0.1) is 11.3 Å². The minimum atomic E-state index is -0.797. The number of fused-ring (bicyclic) bond motifs is 2. The first-order valence-corrected chi connectivity index (χ1v) is 11.0. The maximum Gasteiger partial charge on any atom is 0.262 e. The van der Waals surface area contributed by atoms with Crippen molar-refractivity contribution in [3.05, 3.63) is 65.3 Å². The summed E-state index contributed by atoms with van der Waals surface area (Å²) in [5.41, 5.74) is 0.835. The van der Waals surface area contributed by atoms with Crippen LogP contribution < -0.4 is 5.32 Å². The lowest BCUT2D eigenvalue weighted by molar-refractivity contribution is -0.138. The fourth-order valence-corrected chi connectivity index (χ4v) is 5.29. The van der Waals surface area contributed by atoms with Gasteiger partial charge in [0.05, 0.1) is 11.0 Å². The number of likely N-dealkylation sites (tertiary alicyclic amines) is 1. The van der Waals surface area contributed by atoms with Gasteiger partial charge in [0.15, 0.2) is 5.78 Å². The summed E-state index contributed by atoms with van der Waals surface area (Å²) in [6, 6.07) is 11.9. The predicted octanol–water partition coefficient (Wildman–Crippen LogP) is 2.21. The topological polar surface area (TPSA) is 88.6 Å². The number of amides is 2. The number of ketones is 1. The van der Waals surface area contributed by atoms with Gasteiger partial charge in [0.2, 0.25) is 5.91 Å². The molecule has 2 aliphatic rings. The average Bonchev–Trinajstić information content (AvgIpc) is 3.49. The molecule has 3 unspecified atom stereocenters. The molecule has 0 saturated carbocycles. The molecule has 4 heterocycles. The molecule has 3 atom stereocenters. The van der Waals surface area contributed by atoms with Crippen LogP contribution in [0.25, 0.3) is 10.1 Å². The van der Waals surface area contributed by atoms with E-state index >= 15 is 0 Å². The van der Waals surface area contributed by atoms with Gasteiger partial charge in [0.1, 0.15) is 18.7 Å². The van der Waals surface area contributed by atoms with E-state index in [0.717, 1.165) is 15.6 Å². The predicted molar refractivity (Wildman–Crippen MR) is 116 cm³/mol. The Hall–Kier alpha value is -3.10. The number of nitrogens with one attached hydrogen (secondary N) is 1. The number of nitrogens with zero attached hydrogens (tertiary/aromatic N) is 2. The van der Waals surface area contributed by atoms with Crippen molar-refractivity contribution in [2.45, 2.75) is 31.0 Å². The summed E-state index contributed by atoms with van der Waals surface area (Å²) in [6.45, 7) is 0.489. The third kappa shape index (κ3) is 3.84. The molecular formula is C23H21N3O4S. The number of thiophene rings is 1. The molecule has 0 bridgehead atoms. The number of hydrogen-bond donors (Lipinski definition) is 1. The summed E-state index contributed by atoms with van der Waals surface area (Å²) in [5.74, 6) is -0.635. The van der Waals surface area contributed by atoms with Crippen LogP contribution in [0.2, 0.25) is 0 Å². The van der Waals surface area contributed by atoms with E-state index in [1.165, 1.54) is 11.3 Å². The van der Waals surface area contributed by atoms with Crippen LogP contribution in [-0.2, 0) is 20.7 Å². The zero-order valence-electron chi connectivity index (χ0n) is 16.7. The summed E-state index contributed by atoms with van der Waals surface area (Å²) in [4.78, 5) is 45.0. The van der Waals surface area contributed by atoms with Gasteiger partial charge in [-0.3, -0.25) is 19.4 Å². The summed E-state index contributed by atoms with van der Waals surface area (Å²) in [7, 11) is 0. The molecule has 3 aromatic rings. The van der Waals surface area contributed by atoms with Crippen molar-refractivity contribution in [2.24, 2.45) is 0 Å². The number of aromatic nitrogens is 1. The Bertz CT molecular complexity index is 1110. The third-order valence-corrected chi connectivity index (χ3v) is 6.93. The molecule has 1 aromatic carbocycles. The number of carbonyl (C=O) groups is 3. The maximum atomic E-state index is 13.5. The van der Waals surface area contributed by atoms with Crippen molar-refractivity contribution < 1.29 is 19.1 Å². The molecule has 0 radical (unpaired) electrons. The number of rotatable bonds is 5. The van der Waals surface area contributed by atoms with Gasteiger partial charge in [-0.05, 0) is 35.6 Å². The van der Waals surface area contributed by atoms with E-state index in [1.807, 2.05) is 36.4 Å². The third-order valence-electron chi connectivity index (χ3n) is 5.81. The van der Waals surface area contributed by atoms with Crippen molar-refractivity contribution in [1.82, 2.24) is 15.2 Å². The monoisotopic (exact) mass is 435 g/mol. The van der Waals surface area contributed by atoms with Gasteiger partial charge in [-0.1, -0.05) is 24.3 Å². The van der Waals surface area contributed by atoms with Crippen molar-refractivity contribution in [3.63, 3.8) is 0 Å². The summed E-state index contributed by atoms with van der Waals surface area (Å²) >= 11 is 1.39. The molecule has 0 spiro atoms. The highest BCUT2D eigenvalue weighted by Crippen LogP contribution is 2.28. The van der Waals surface area contributed by atoms with Gasteiger partial charge < -0.3 is 15.0 Å². The first-order valence-electron chi connectivity index (χ1n) is 10.2. The SMILES string of the molecule is O=C(NC(Cc1cccnc1)C(=O)N1CCC2OCC(=O)C21)c1cc2ccccc2s1. The first kappa shape index (κ1) is 19.8. The van der Waals surface area contributed by atoms with E-state index < -0.39 is 12.1 Å². The van der Waals surface area contributed by atoms with Crippen LogP contribution in [0, 0.1) is 0 Å². The number of benzene rings is 1. The minimum Gasteiger partial charge on any atom is -0.368 e. The second-order valence-electron chi connectivity index (χ2n) is 7.82. The van der Waals surface area contributed by atoms with Gasteiger partial charge in [-0.2, -0.15) is 0 Å². The number of hydrogen-bond acceptors (Lipinski definition) is 6. The average molecular weight is 436 g/mol. The summed E-state index contributed by atoms with van der Waals surface area (Å²) < 4.78 is 6.53. The Morgan fingerprint density at radius 3 is 2.94 bits per heavy atom. The number of carbonyl (C=O) groups excluding carboxylic acids is 3. The Morgan fingerprint density at radius 1 is 1.26 bits per heavy atom. The molecule has 8 heteroatoms. The molecule has 2 aromatic heterocycles. The standard InChI is InChI=1S/C23H21N3O4S/c27-17-13-30-18-7-9-26(21(17)18)23(29)16(10-14-4-3-8-24-12-14)25-22(28)20-11-15-5-1-2-6-19(15)31-20/h1-6,8,11-12,16,18,21H,7,9-10,13H2,(H,25,28). The van der Waals surface area contributed by atoms with E-state index in [1.54, 1.807) is 23.4 Å². The second-order valence-corrected chi connectivity index (χ2v) is 8.90. The van der Waals surface area contributed by atoms with E-state index in [0.29, 0.717) is 24.3 Å². The van der Waals surface area contributed by atoms with E-state index in [9.17, 15) is 14.4 Å². The smallest absolute Gasteiger partial charge is 0.262 e. The molecule has 2 fully saturated rings. The van der Waals surface area contributed by atoms with Crippen molar-refractivity contribution in [3.8, 4) is 0 Å². The fraction of sp³-hybridized carbons (Fsp3) is 0.304. The quantitative estimate of drug-likeness (QED) is 0.664. The lowest BCUT2D eigenvalue weighted by Crippen LogP contribution is -2.53. The molecule has 7 nitrogen and oxygen atoms in total. The summed E-state index contributed by atoms with van der Waals surface area (Å²) in [5, 5.41) is 3.90. The molecule has 1 N–H and O–H groups in total. The minimum absolute atomic E-state index is 0.0422. The molecule has 2 amide bonds. The van der Waals surface area contributed by atoms with Crippen LogP contribution in [0.15, 0.2) is 54.9 Å². The van der Waals surface area contributed by atoms with E-state index in [2.05, 4.69) is 10.3 Å². The molecule has 2 saturated heterocycles. The number of ether oxygens (including phenoxy) is 1. The van der Waals surface area contributed by atoms with Gasteiger partial charge in [-0.25, -0.2) is 0 Å². The largest absolute Gasteiger partial charge is 0.368 e. The van der Waals surface area contributed by atoms with Crippen molar-refractivity contribution in [1.29, 1.82) is 0 Å². The van der Waals surface area contributed by atoms with Gasteiger partial charge >= 0.3 is 0 Å². The normalized spacial score (nSPS) is 21.3.